The average Bonchev–Trinajstić information content (AvgIpc) is 3.19. The zero-order valence-corrected chi connectivity index (χ0v) is 14.0. The second-order valence-corrected chi connectivity index (χ2v) is 6.47. The monoisotopic (exact) mass is 344 g/mol. The summed E-state index contributed by atoms with van der Waals surface area (Å²) in [7, 11) is 1.71. The maximum Gasteiger partial charge on any atom is 0.356 e. The molecule has 1 unspecified atom stereocenters. The van der Waals surface area contributed by atoms with Gasteiger partial charge in [0.2, 0.25) is 5.91 Å². The van der Waals surface area contributed by atoms with Crippen molar-refractivity contribution in [1.82, 2.24) is 19.7 Å². The molecule has 1 N–H and O–H groups in total. The number of nitrogens with zero attached hydrogens (tertiary/aromatic N) is 4. The number of carboxylic acid groups (broad SMARTS) is 1. The van der Waals surface area contributed by atoms with Gasteiger partial charge in [-0.1, -0.05) is 12.1 Å². The van der Waals surface area contributed by atoms with Crippen LogP contribution in [-0.2, 0) is 11.3 Å². The number of thiazole rings is 1. The van der Waals surface area contributed by atoms with E-state index in [4.69, 9.17) is 5.11 Å². The van der Waals surface area contributed by atoms with Gasteiger partial charge in [-0.25, -0.2) is 9.78 Å². The molecule has 0 aliphatic heterocycles. The van der Waals surface area contributed by atoms with Gasteiger partial charge in [0, 0.05) is 13.2 Å². The van der Waals surface area contributed by atoms with Crippen molar-refractivity contribution in [2.45, 2.75) is 19.5 Å². The van der Waals surface area contributed by atoms with E-state index in [0.29, 0.717) is 0 Å². The molecule has 0 fully saturated rings. The maximum atomic E-state index is 12.4. The van der Waals surface area contributed by atoms with E-state index >= 15 is 0 Å². The summed E-state index contributed by atoms with van der Waals surface area (Å²) in [6.45, 7) is 1.90. The Morgan fingerprint density at radius 3 is 2.75 bits per heavy atom. The Morgan fingerprint density at radius 1 is 1.33 bits per heavy atom. The standard InChI is InChI=1S/C16H16N4O3S/c1-10(15-17-11-5-3-4-6-13(11)24-15)19(2)14(21)9-20-8-7-12(18-20)16(22)23/h3-8,10H,9H2,1-2H3,(H,22,23). The van der Waals surface area contributed by atoms with Crippen molar-refractivity contribution in [2.24, 2.45) is 0 Å². The first-order valence-electron chi connectivity index (χ1n) is 7.33. The zero-order chi connectivity index (χ0) is 17.3. The summed E-state index contributed by atoms with van der Waals surface area (Å²) in [6.07, 6.45) is 1.48. The number of para-hydroxylation sites is 1. The highest BCUT2D eigenvalue weighted by molar-refractivity contribution is 7.18. The Bertz CT molecular complexity index is 869. The summed E-state index contributed by atoms with van der Waals surface area (Å²) in [5, 5.41) is 13.6. The fourth-order valence-electron chi connectivity index (χ4n) is 2.26. The predicted octanol–water partition coefficient (Wildman–Crippen LogP) is 2.41. The van der Waals surface area contributed by atoms with Gasteiger partial charge in [-0.15, -0.1) is 11.3 Å². The number of carbonyl (C=O) groups excluding carboxylic acids is 1. The number of benzene rings is 1. The summed E-state index contributed by atoms with van der Waals surface area (Å²) in [5.41, 5.74) is 0.841. The smallest absolute Gasteiger partial charge is 0.356 e. The van der Waals surface area contributed by atoms with E-state index in [0.717, 1.165) is 15.2 Å². The molecule has 3 aromatic rings. The fourth-order valence-corrected chi connectivity index (χ4v) is 3.33. The molecule has 1 amide bonds. The van der Waals surface area contributed by atoms with Gasteiger partial charge in [0.05, 0.1) is 16.3 Å². The first-order chi connectivity index (χ1) is 11.5. The molecule has 0 saturated carbocycles. The molecule has 0 saturated heterocycles. The Hall–Kier alpha value is -2.74. The maximum absolute atomic E-state index is 12.4. The predicted molar refractivity (Wildman–Crippen MR) is 90.0 cm³/mol. The van der Waals surface area contributed by atoms with Crippen LogP contribution in [0.1, 0.15) is 28.5 Å². The second-order valence-electron chi connectivity index (χ2n) is 5.40. The van der Waals surface area contributed by atoms with Crippen molar-refractivity contribution >= 4 is 33.4 Å². The van der Waals surface area contributed by atoms with E-state index in [1.807, 2.05) is 31.2 Å². The molecule has 1 aromatic carbocycles. The normalized spacial score (nSPS) is 12.2. The third-order valence-corrected chi connectivity index (χ3v) is 5.01. The Morgan fingerprint density at radius 2 is 2.08 bits per heavy atom. The molecule has 3 rings (SSSR count). The molecule has 0 aliphatic carbocycles. The molecule has 7 nitrogen and oxygen atoms in total. The number of fused-ring (bicyclic) bond motifs is 1. The highest BCUT2D eigenvalue weighted by Crippen LogP contribution is 2.28. The Kier molecular flexibility index (Phi) is 4.30. The molecular formula is C16H16N4O3S. The molecule has 2 heterocycles. The van der Waals surface area contributed by atoms with Crippen LogP contribution in [0.25, 0.3) is 10.2 Å². The number of aromatic nitrogens is 3. The van der Waals surface area contributed by atoms with Gasteiger partial charge < -0.3 is 10.0 Å². The van der Waals surface area contributed by atoms with Crippen LogP contribution in [0.15, 0.2) is 36.5 Å². The van der Waals surface area contributed by atoms with E-state index in [9.17, 15) is 9.59 Å². The Labute approximate surface area is 142 Å². The van der Waals surface area contributed by atoms with Crippen LogP contribution in [-0.4, -0.2) is 43.7 Å². The molecule has 24 heavy (non-hydrogen) atoms. The van der Waals surface area contributed by atoms with Crippen molar-refractivity contribution in [2.75, 3.05) is 7.05 Å². The molecule has 0 radical (unpaired) electrons. The lowest BCUT2D eigenvalue weighted by Crippen LogP contribution is -2.32. The Balaban J connectivity index is 1.72. The van der Waals surface area contributed by atoms with Crippen LogP contribution in [0.4, 0.5) is 0 Å². The van der Waals surface area contributed by atoms with Gasteiger partial charge in [-0.2, -0.15) is 5.10 Å². The number of likely N-dealkylation sites (N-methyl/N-ethyl adjacent to an activating group) is 1. The molecule has 8 heteroatoms. The lowest BCUT2D eigenvalue weighted by Gasteiger charge is -2.23. The van der Waals surface area contributed by atoms with Crippen LogP contribution < -0.4 is 0 Å². The lowest BCUT2D eigenvalue weighted by molar-refractivity contribution is -0.132. The third kappa shape index (κ3) is 3.13. The van der Waals surface area contributed by atoms with Gasteiger partial charge in [0.15, 0.2) is 5.69 Å². The first kappa shape index (κ1) is 16.1. The summed E-state index contributed by atoms with van der Waals surface area (Å²) in [6, 6.07) is 9.03. The number of aromatic carboxylic acids is 1. The highest BCUT2D eigenvalue weighted by Gasteiger charge is 2.21. The molecule has 0 spiro atoms. The van der Waals surface area contributed by atoms with E-state index in [2.05, 4.69) is 10.1 Å². The fraction of sp³-hybridized carbons (Fsp3) is 0.250. The van der Waals surface area contributed by atoms with Gasteiger partial charge in [-0.3, -0.25) is 9.48 Å². The summed E-state index contributed by atoms with van der Waals surface area (Å²) in [4.78, 5) is 29.4. The molecular weight excluding hydrogens is 328 g/mol. The molecule has 0 bridgehead atoms. The first-order valence-corrected chi connectivity index (χ1v) is 8.15. The number of rotatable bonds is 5. The van der Waals surface area contributed by atoms with Crippen molar-refractivity contribution in [3.05, 3.63) is 47.2 Å². The molecule has 124 valence electrons. The SMILES string of the molecule is CC(c1nc2ccccc2s1)N(C)C(=O)Cn1ccc(C(=O)O)n1. The van der Waals surface area contributed by atoms with Gasteiger partial charge >= 0.3 is 5.97 Å². The molecule has 1 atom stereocenters. The van der Waals surface area contributed by atoms with Crippen LogP contribution in [0, 0.1) is 0 Å². The van der Waals surface area contributed by atoms with E-state index in [1.165, 1.54) is 16.9 Å². The van der Waals surface area contributed by atoms with Crippen molar-refractivity contribution in [3.63, 3.8) is 0 Å². The highest BCUT2D eigenvalue weighted by atomic mass is 32.1. The minimum Gasteiger partial charge on any atom is -0.476 e. The third-order valence-electron chi connectivity index (χ3n) is 3.80. The number of carbonyl (C=O) groups is 2. The van der Waals surface area contributed by atoms with Crippen LogP contribution >= 0.6 is 11.3 Å². The summed E-state index contributed by atoms with van der Waals surface area (Å²) >= 11 is 1.56. The van der Waals surface area contributed by atoms with E-state index in [-0.39, 0.29) is 24.2 Å². The molecule has 2 aromatic heterocycles. The van der Waals surface area contributed by atoms with E-state index < -0.39 is 5.97 Å². The topological polar surface area (TPSA) is 88.3 Å². The number of hydrogen-bond donors (Lipinski definition) is 1. The average molecular weight is 344 g/mol. The molecule has 0 aliphatic rings. The van der Waals surface area contributed by atoms with Crippen molar-refractivity contribution in [1.29, 1.82) is 0 Å². The van der Waals surface area contributed by atoms with Crippen LogP contribution in [0.3, 0.4) is 0 Å². The zero-order valence-electron chi connectivity index (χ0n) is 13.2. The number of amides is 1. The van der Waals surface area contributed by atoms with Gasteiger partial charge in [0.25, 0.3) is 0 Å². The lowest BCUT2D eigenvalue weighted by atomic mass is 10.3. The van der Waals surface area contributed by atoms with Crippen LogP contribution in [0.2, 0.25) is 0 Å². The summed E-state index contributed by atoms with van der Waals surface area (Å²) < 4.78 is 2.41. The van der Waals surface area contributed by atoms with Crippen LogP contribution in [0.5, 0.6) is 0 Å². The van der Waals surface area contributed by atoms with Gasteiger partial charge in [-0.05, 0) is 25.1 Å². The van der Waals surface area contributed by atoms with Crippen molar-refractivity contribution in [3.8, 4) is 0 Å². The minimum atomic E-state index is -1.11. The largest absolute Gasteiger partial charge is 0.476 e. The quantitative estimate of drug-likeness (QED) is 0.768. The number of carboxylic acids is 1. The minimum absolute atomic E-state index is 0.0149. The van der Waals surface area contributed by atoms with E-state index in [1.54, 1.807) is 23.3 Å². The van der Waals surface area contributed by atoms with Gasteiger partial charge in [0.1, 0.15) is 11.6 Å². The summed E-state index contributed by atoms with van der Waals surface area (Å²) in [5.74, 6) is -1.28. The van der Waals surface area contributed by atoms with Crippen molar-refractivity contribution < 1.29 is 14.7 Å². The second kappa shape index (κ2) is 6.40. The number of hydrogen-bond acceptors (Lipinski definition) is 5.